The molecule has 0 spiro atoms. The Morgan fingerprint density at radius 1 is 1.33 bits per heavy atom. The Labute approximate surface area is 99.5 Å². The molecule has 0 N–H and O–H groups in total. The van der Waals surface area contributed by atoms with Crippen molar-refractivity contribution in [2.24, 2.45) is 7.05 Å². The molecule has 2 rings (SSSR count). The number of rotatable bonds is 2. The zero-order valence-electron chi connectivity index (χ0n) is 8.22. The Morgan fingerprint density at radius 2 is 2.13 bits per heavy atom. The molecule has 0 fully saturated rings. The first kappa shape index (κ1) is 12.0. The number of aromatic nitrogens is 3. The minimum absolute atomic E-state index is 0. The first-order valence-corrected chi connectivity index (χ1v) is 4.84. The van der Waals surface area contributed by atoms with Crippen LogP contribution in [-0.4, -0.2) is 14.8 Å². The van der Waals surface area contributed by atoms with Gasteiger partial charge in [-0.25, -0.2) is 0 Å². The van der Waals surface area contributed by atoms with Gasteiger partial charge in [-0.15, -0.1) is 24.0 Å². The summed E-state index contributed by atoms with van der Waals surface area (Å²) < 4.78 is 1.79. The van der Waals surface area contributed by atoms with Gasteiger partial charge in [-0.2, -0.15) is 5.10 Å². The molecule has 0 radical (unpaired) electrons. The third-order valence-corrected chi connectivity index (χ3v) is 2.39. The van der Waals surface area contributed by atoms with Gasteiger partial charge in [0.05, 0.1) is 11.4 Å². The average Bonchev–Trinajstić information content (AvgIpc) is 2.64. The van der Waals surface area contributed by atoms with Gasteiger partial charge in [0.15, 0.2) is 0 Å². The maximum Gasteiger partial charge on any atom is 0.0926 e. The third-order valence-electron chi connectivity index (χ3n) is 2.10. The van der Waals surface area contributed by atoms with Crippen LogP contribution in [0.15, 0.2) is 30.6 Å². The Morgan fingerprint density at radius 3 is 2.73 bits per heavy atom. The van der Waals surface area contributed by atoms with Gasteiger partial charge in [-0.05, 0) is 17.7 Å². The molecule has 0 amide bonds. The van der Waals surface area contributed by atoms with E-state index in [9.17, 15) is 0 Å². The highest BCUT2D eigenvalue weighted by Gasteiger charge is 2.07. The normalized spacial score (nSPS) is 9.73. The van der Waals surface area contributed by atoms with E-state index in [-0.39, 0.29) is 12.4 Å². The molecule has 15 heavy (non-hydrogen) atoms. The van der Waals surface area contributed by atoms with Gasteiger partial charge in [0.25, 0.3) is 0 Å². The standard InChI is InChI=1S/C10H10ClN3.ClH/c1-14-9(4-6-13-14)10-8(7-11)3-2-5-12-10;/h2-6H,7H2,1H3;1H. The number of aryl methyl sites for hydroxylation is 1. The van der Waals surface area contributed by atoms with Crippen molar-refractivity contribution in [1.29, 1.82) is 0 Å². The monoisotopic (exact) mass is 243 g/mol. The fraction of sp³-hybridized carbons (Fsp3) is 0.200. The van der Waals surface area contributed by atoms with Crippen molar-refractivity contribution < 1.29 is 0 Å². The summed E-state index contributed by atoms with van der Waals surface area (Å²) in [5.74, 6) is 0.467. The second-order valence-electron chi connectivity index (χ2n) is 2.98. The molecule has 0 saturated heterocycles. The van der Waals surface area contributed by atoms with Crippen LogP contribution in [0.3, 0.4) is 0 Å². The fourth-order valence-corrected chi connectivity index (χ4v) is 1.60. The summed E-state index contributed by atoms with van der Waals surface area (Å²) in [6.45, 7) is 0. The van der Waals surface area contributed by atoms with Crippen LogP contribution in [0.4, 0.5) is 0 Å². The molecule has 0 unspecified atom stereocenters. The van der Waals surface area contributed by atoms with Crippen LogP contribution in [0.1, 0.15) is 5.56 Å². The van der Waals surface area contributed by atoms with Crippen LogP contribution in [0, 0.1) is 0 Å². The maximum atomic E-state index is 5.83. The molecule has 80 valence electrons. The van der Waals surface area contributed by atoms with Gasteiger partial charge < -0.3 is 0 Å². The molecule has 0 saturated carbocycles. The molecule has 0 aliphatic heterocycles. The van der Waals surface area contributed by atoms with E-state index in [0.717, 1.165) is 17.0 Å². The minimum Gasteiger partial charge on any atom is -0.266 e. The van der Waals surface area contributed by atoms with Crippen molar-refractivity contribution in [1.82, 2.24) is 14.8 Å². The SMILES string of the molecule is Cl.Cn1nccc1-c1ncccc1CCl. The molecule has 0 aliphatic rings. The van der Waals surface area contributed by atoms with Crippen LogP contribution in [0.5, 0.6) is 0 Å². The van der Waals surface area contributed by atoms with E-state index >= 15 is 0 Å². The smallest absolute Gasteiger partial charge is 0.0926 e. The lowest BCUT2D eigenvalue weighted by molar-refractivity contribution is 0.772. The summed E-state index contributed by atoms with van der Waals surface area (Å²) >= 11 is 5.83. The first-order valence-electron chi connectivity index (χ1n) is 4.31. The van der Waals surface area contributed by atoms with E-state index in [4.69, 9.17) is 11.6 Å². The topological polar surface area (TPSA) is 30.7 Å². The summed E-state index contributed by atoms with van der Waals surface area (Å²) in [5.41, 5.74) is 2.92. The van der Waals surface area contributed by atoms with E-state index in [0.29, 0.717) is 5.88 Å². The molecular formula is C10H11Cl2N3. The van der Waals surface area contributed by atoms with Crippen molar-refractivity contribution in [3.05, 3.63) is 36.2 Å². The number of halogens is 2. The molecule has 0 aliphatic carbocycles. The Bertz CT molecular complexity index is 440. The van der Waals surface area contributed by atoms with Gasteiger partial charge in [-0.3, -0.25) is 9.67 Å². The summed E-state index contributed by atoms with van der Waals surface area (Å²) in [6, 6.07) is 5.79. The minimum atomic E-state index is 0. The molecule has 0 atom stereocenters. The van der Waals surface area contributed by atoms with Crippen LogP contribution in [0.25, 0.3) is 11.4 Å². The second-order valence-corrected chi connectivity index (χ2v) is 3.25. The predicted molar refractivity (Wildman–Crippen MR) is 63.2 cm³/mol. The molecule has 5 heteroatoms. The number of alkyl halides is 1. The number of nitrogens with zero attached hydrogens (tertiary/aromatic N) is 3. The van der Waals surface area contributed by atoms with E-state index in [2.05, 4.69) is 10.1 Å². The van der Waals surface area contributed by atoms with Crippen LogP contribution >= 0.6 is 24.0 Å². The lowest BCUT2D eigenvalue weighted by Gasteiger charge is -2.05. The lowest BCUT2D eigenvalue weighted by Crippen LogP contribution is -1.97. The zero-order valence-corrected chi connectivity index (χ0v) is 9.79. The molecule has 2 heterocycles. The third kappa shape index (κ3) is 2.30. The zero-order chi connectivity index (χ0) is 9.97. The Balaban J connectivity index is 0.00000112. The second kappa shape index (κ2) is 5.14. The highest BCUT2D eigenvalue weighted by molar-refractivity contribution is 6.17. The van der Waals surface area contributed by atoms with Crippen molar-refractivity contribution in [3.63, 3.8) is 0 Å². The van der Waals surface area contributed by atoms with Gasteiger partial charge in [-0.1, -0.05) is 6.07 Å². The number of hydrogen-bond acceptors (Lipinski definition) is 2. The van der Waals surface area contributed by atoms with Crippen LogP contribution in [0.2, 0.25) is 0 Å². The maximum absolute atomic E-state index is 5.83. The van der Waals surface area contributed by atoms with Gasteiger partial charge in [0.2, 0.25) is 0 Å². The van der Waals surface area contributed by atoms with Gasteiger partial charge in [0, 0.05) is 25.3 Å². The van der Waals surface area contributed by atoms with E-state index in [1.165, 1.54) is 0 Å². The van der Waals surface area contributed by atoms with Crippen molar-refractivity contribution in [2.45, 2.75) is 5.88 Å². The number of pyridine rings is 1. The van der Waals surface area contributed by atoms with Crippen molar-refractivity contribution >= 4 is 24.0 Å². The predicted octanol–water partition coefficient (Wildman–Crippen LogP) is 2.64. The Kier molecular flexibility index (Phi) is 4.12. The lowest BCUT2D eigenvalue weighted by atomic mass is 10.1. The summed E-state index contributed by atoms with van der Waals surface area (Å²) in [4.78, 5) is 4.31. The summed E-state index contributed by atoms with van der Waals surface area (Å²) in [5, 5.41) is 4.10. The first-order chi connectivity index (χ1) is 6.83. The highest BCUT2D eigenvalue weighted by Crippen LogP contribution is 2.21. The largest absolute Gasteiger partial charge is 0.266 e. The number of hydrogen-bond donors (Lipinski definition) is 0. The van der Waals surface area contributed by atoms with Crippen molar-refractivity contribution in [3.8, 4) is 11.4 Å². The molecule has 2 aromatic heterocycles. The summed E-state index contributed by atoms with van der Waals surface area (Å²) in [6.07, 6.45) is 3.51. The molecule has 0 bridgehead atoms. The molecular weight excluding hydrogens is 233 g/mol. The van der Waals surface area contributed by atoms with Gasteiger partial charge >= 0.3 is 0 Å². The molecule has 3 nitrogen and oxygen atoms in total. The molecule has 2 aromatic rings. The average molecular weight is 244 g/mol. The van der Waals surface area contributed by atoms with E-state index < -0.39 is 0 Å². The van der Waals surface area contributed by atoms with E-state index in [1.54, 1.807) is 17.1 Å². The quantitative estimate of drug-likeness (QED) is 0.760. The van der Waals surface area contributed by atoms with Crippen molar-refractivity contribution in [2.75, 3.05) is 0 Å². The van der Waals surface area contributed by atoms with Crippen LogP contribution < -0.4 is 0 Å². The fourth-order valence-electron chi connectivity index (χ4n) is 1.38. The highest BCUT2D eigenvalue weighted by atomic mass is 35.5. The van der Waals surface area contributed by atoms with E-state index in [1.807, 2.05) is 25.2 Å². The van der Waals surface area contributed by atoms with Gasteiger partial charge in [0.1, 0.15) is 0 Å². The summed E-state index contributed by atoms with van der Waals surface area (Å²) in [7, 11) is 1.89. The molecule has 0 aromatic carbocycles. The Hall–Kier alpha value is -1.06. The van der Waals surface area contributed by atoms with Crippen LogP contribution in [-0.2, 0) is 12.9 Å².